The minimum Gasteiger partial charge on any atom is -0.456 e. The standard InChI is InChI=1S/C56H37NO/c1-3-15-38(16-4-1)39-29-31-40(32-30-39)42-19-13-21-44(35-42)57(46-33-34-50-49-25-11-12-28-53(49)58-54(50)37-46)45-22-14-20-43(36-45)56-52-27-10-8-24-48(52)47-23-7-9-26-51(47)55(56)41-17-5-2-6-18-41/h1-37H. The Balaban J connectivity index is 1.11. The third-order valence-electron chi connectivity index (χ3n) is 11.4. The maximum absolute atomic E-state index is 6.48. The largest absolute Gasteiger partial charge is 0.456 e. The summed E-state index contributed by atoms with van der Waals surface area (Å²) in [6.07, 6.45) is 0. The topological polar surface area (TPSA) is 16.4 Å². The van der Waals surface area contributed by atoms with E-state index in [0.29, 0.717) is 0 Å². The molecule has 2 heteroatoms. The van der Waals surface area contributed by atoms with Gasteiger partial charge < -0.3 is 9.32 Å². The average Bonchev–Trinajstić information content (AvgIpc) is 3.67. The van der Waals surface area contributed by atoms with E-state index in [4.69, 9.17) is 4.42 Å². The smallest absolute Gasteiger partial charge is 0.137 e. The highest BCUT2D eigenvalue weighted by Gasteiger charge is 2.21. The van der Waals surface area contributed by atoms with E-state index in [1.807, 2.05) is 12.1 Å². The van der Waals surface area contributed by atoms with Gasteiger partial charge in [-0.3, -0.25) is 0 Å². The molecule has 0 unspecified atom stereocenters. The molecule has 0 atom stereocenters. The summed E-state index contributed by atoms with van der Waals surface area (Å²) in [5, 5.41) is 7.20. The predicted octanol–water partition coefficient (Wildman–Crippen LogP) is 16.0. The number of furan rings is 1. The Hall–Kier alpha value is -7.68. The van der Waals surface area contributed by atoms with Crippen molar-refractivity contribution in [3.05, 3.63) is 224 Å². The van der Waals surface area contributed by atoms with Gasteiger partial charge in [0, 0.05) is 33.9 Å². The van der Waals surface area contributed by atoms with E-state index >= 15 is 0 Å². The van der Waals surface area contributed by atoms with Gasteiger partial charge in [-0.25, -0.2) is 0 Å². The summed E-state index contributed by atoms with van der Waals surface area (Å²) in [4.78, 5) is 2.36. The summed E-state index contributed by atoms with van der Waals surface area (Å²) >= 11 is 0. The first-order valence-corrected chi connectivity index (χ1v) is 19.8. The van der Waals surface area contributed by atoms with E-state index in [2.05, 4.69) is 217 Å². The van der Waals surface area contributed by atoms with E-state index in [1.54, 1.807) is 0 Å². The molecule has 1 aromatic heterocycles. The average molecular weight is 740 g/mol. The number of rotatable bonds is 7. The van der Waals surface area contributed by atoms with Crippen molar-refractivity contribution in [3.63, 3.8) is 0 Å². The summed E-state index contributed by atoms with van der Waals surface area (Å²) < 4.78 is 6.48. The van der Waals surface area contributed by atoms with Gasteiger partial charge in [0.25, 0.3) is 0 Å². The molecule has 0 aliphatic heterocycles. The van der Waals surface area contributed by atoms with Crippen LogP contribution in [0.2, 0.25) is 0 Å². The zero-order chi connectivity index (χ0) is 38.4. The molecule has 1 heterocycles. The van der Waals surface area contributed by atoms with Gasteiger partial charge in [-0.2, -0.15) is 0 Å². The van der Waals surface area contributed by atoms with Crippen LogP contribution in [0.5, 0.6) is 0 Å². The fourth-order valence-electron chi connectivity index (χ4n) is 8.76. The summed E-state index contributed by atoms with van der Waals surface area (Å²) in [7, 11) is 0. The lowest BCUT2D eigenvalue weighted by atomic mass is 9.85. The maximum Gasteiger partial charge on any atom is 0.137 e. The monoisotopic (exact) mass is 739 g/mol. The van der Waals surface area contributed by atoms with Crippen molar-refractivity contribution in [1.29, 1.82) is 0 Å². The Kier molecular flexibility index (Phi) is 8.19. The third-order valence-corrected chi connectivity index (χ3v) is 11.4. The van der Waals surface area contributed by atoms with Gasteiger partial charge in [0.05, 0.1) is 0 Å². The number of fused-ring (bicyclic) bond motifs is 6. The minimum atomic E-state index is 0.861. The van der Waals surface area contributed by atoms with Gasteiger partial charge in [0.1, 0.15) is 11.2 Å². The molecule has 10 aromatic carbocycles. The van der Waals surface area contributed by atoms with Crippen molar-refractivity contribution >= 4 is 60.5 Å². The predicted molar refractivity (Wildman–Crippen MR) is 245 cm³/mol. The van der Waals surface area contributed by atoms with Crippen LogP contribution >= 0.6 is 0 Å². The van der Waals surface area contributed by atoms with Crippen LogP contribution in [0.15, 0.2) is 229 Å². The quantitative estimate of drug-likeness (QED) is 0.151. The van der Waals surface area contributed by atoms with Crippen LogP contribution in [0.25, 0.3) is 88.0 Å². The van der Waals surface area contributed by atoms with Crippen LogP contribution in [0.3, 0.4) is 0 Å². The van der Waals surface area contributed by atoms with Gasteiger partial charge in [-0.1, -0.05) is 176 Å². The molecule has 0 spiro atoms. The molecular formula is C56H37NO. The number of para-hydroxylation sites is 1. The summed E-state index contributed by atoms with van der Waals surface area (Å²) in [6.45, 7) is 0. The Labute approximate surface area is 337 Å². The molecule has 58 heavy (non-hydrogen) atoms. The molecule has 0 aliphatic rings. The van der Waals surface area contributed by atoms with Gasteiger partial charge in [0.2, 0.25) is 0 Å². The van der Waals surface area contributed by atoms with E-state index in [0.717, 1.165) is 55.7 Å². The molecule has 0 bridgehead atoms. The number of benzene rings is 10. The second-order valence-corrected chi connectivity index (χ2v) is 14.9. The SMILES string of the molecule is c1ccc(-c2ccc(-c3cccc(N(c4cccc(-c5c(-c6ccccc6)c6ccccc6c6ccccc56)c4)c4ccc5c(c4)oc4ccccc45)c3)cc2)cc1. The number of nitrogens with zero attached hydrogens (tertiary/aromatic N) is 1. The van der Waals surface area contributed by atoms with Crippen molar-refractivity contribution in [1.82, 2.24) is 0 Å². The Morgan fingerprint density at radius 3 is 1.33 bits per heavy atom. The zero-order valence-corrected chi connectivity index (χ0v) is 31.7. The van der Waals surface area contributed by atoms with Crippen LogP contribution < -0.4 is 4.90 Å². The Morgan fingerprint density at radius 2 is 0.672 bits per heavy atom. The summed E-state index contributed by atoms with van der Waals surface area (Å²) in [6, 6.07) is 80.7. The molecule has 0 saturated heterocycles. The van der Waals surface area contributed by atoms with Crippen LogP contribution in [-0.2, 0) is 0 Å². The van der Waals surface area contributed by atoms with Crippen LogP contribution in [0.1, 0.15) is 0 Å². The molecule has 0 amide bonds. The van der Waals surface area contributed by atoms with E-state index in [1.165, 1.54) is 49.4 Å². The molecule has 0 N–H and O–H groups in total. The van der Waals surface area contributed by atoms with Crippen molar-refractivity contribution in [3.8, 4) is 44.5 Å². The number of hydrogen-bond donors (Lipinski definition) is 0. The minimum absolute atomic E-state index is 0.861. The van der Waals surface area contributed by atoms with Crippen LogP contribution in [-0.4, -0.2) is 0 Å². The van der Waals surface area contributed by atoms with Gasteiger partial charge >= 0.3 is 0 Å². The van der Waals surface area contributed by atoms with E-state index in [9.17, 15) is 0 Å². The van der Waals surface area contributed by atoms with E-state index in [-0.39, 0.29) is 0 Å². The molecule has 0 aliphatic carbocycles. The molecule has 2 nitrogen and oxygen atoms in total. The lowest BCUT2D eigenvalue weighted by Crippen LogP contribution is -2.10. The molecule has 0 fully saturated rings. The highest BCUT2D eigenvalue weighted by molar-refractivity contribution is 6.21. The van der Waals surface area contributed by atoms with Crippen molar-refractivity contribution in [2.75, 3.05) is 4.90 Å². The first-order valence-electron chi connectivity index (χ1n) is 19.8. The lowest BCUT2D eigenvalue weighted by molar-refractivity contribution is 0.669. The molecular weight excluding hydrogens is 703 g/mol. The lowest BCUT2D eigenvalue weighted by Gasteiger charge is -2.27. The number of anilines is 3. The molecule has 0 saturated carbocycles. The molecule has 0 radical (unpaired) electrons. The summed E-state index contributed by atoms with van der Waals surface area (Å²) in [5.74, 6) is 0. The van der Waals surface area contributed by atoms with Gasteiger partial charge in [-0.05, 0) is 109 Å². The second kappa shape index (κ2) is 14.1. The first-order chi connectivity index (χ1) is 28.8. The Morgan fingerprint density at radius 1 is 0.241 bits per heavy atom. The third kappa shape index (κ3) is 5.82. The number of hydrogen-bond acceptors (Lipinski definition) is 2. The van der Waals surface area contributed by atoms with Crippen molar-refractivity contribution in [2.45, 2.75) is 0 Å². The fourth-order valence-corrected chi connectivity index (χ4v) is 8.76. The molecule has 272 valence electrons. The van der Waals surface area contributed by atoms with Crippen LogP contribution in [0, 0.1) is 0 Å². The zero-order valence-electron chi connectivity index (χ0n) is 31.7. The Bertz CT molecular complexity index is 3270. The molecule has 11 rings (SSSR count). The van der Waals surface area contributed by atoms with E-state index < -0.39 is 0 Å². The van der Waals surface area contributed by atoms with Crippen molar-refractivity contribution < 1.29 is 4.42 Å². The van der Waals surface area contributed by atoms with Gasteiger partial charge in [-0.15, -0.1) is 0 Å². The van der Waals surface area contributed by atoms with Crippen LogP contribution in [0.4, 0.5) is 17.1 Å². The molecule has 11 aromatic rings. The van der Waals surface area contributed by atoms with Crippen molar-refractivity contribution in [2.24, 2.45) is 0 Å². The van der Waals surface area contributed by atoms with Gasteiger partial charge in [0.15, 0.2) is 0 Å². The first kappa shape index (κ1) is 33.6. The highest BCUT2D eigenvalue weighted by atomic mass is 16.3. The fraction of sp³-hybridized carbons (Fsp3) is 0. The highest BCUT2D eigenvalue weighted by Crippen LogP contribution is 2.47. The maximum atomic E-state index is 6.48. The second-order valence-electron chi connectivity index (χ2n) is 14.9. The summed E-state index contributed by atoms with van der Waals surface area (Å²) in [5.41, 5.74) is 14.4. The normalized spacial score (nSPS) is 11.4.